The smallest absolute Gasteiger partial charge is 0.179 e. The van der Waals surface area contributed by atoms with E-state index in [4.69, 9.17) is 12.2 Å². The molecule has 82 valence electrons. The lowest BCUT2D eigenvalue weighted by molar-refractivity contribution is 0.541. The van der Waals surface area contributed by atoms with Gasteiger partial charge in [0.05, 0.1) is 5.52 Å². The molecule has 0 saturated carbocycles. The molecular weight excluding hydrogens is 218 g/mol. The molecule has 16 heavy (non-hydrogen) atoms. The van der Waals surface area contributed by atoms with E-state index in [0.717, 1.165) is 28.8 Å². The molecule has 3 rings (SSSR count). The van der Waals surface area contributed by atoms with Gasteiger partial charge in [-0.05, 0) is 43.6 Å². The summed E-state index contributed by atoms with van der Waals surface area (Å²) in [6.45, 7) is 2.08. The van der Waals surface area contributed by atoms with Gasteiger partial charge in [-0.25, -0.2) is 4.98 Å². The van der Waals surface area contributed by atoms with Crippen LogP contribution in [0.3, 0.4) is 0 Å². The Labute approximate surface area is 98.8 Å². The molecular formula is C12H13N3S. The van der Waals surface area contributed by atoms with E-state index in [-0.39, 0.29) is 0 Å². The van der Waals surface area contributed by atoms with Gasteiger partial charge >= 0.3 is 0 Å². The minimum Gasteiger partial charge on any atom is -0.329 e. The summed E-state index contributed by atoms with van der Waals surface area (Å²) in [6.07, 6.45) is 8.37. The number of hydrogen-bond donors (Lipinski definition) is 1. The SMILES string of the molecule is Cc1ccnc2c1[nH]c(=S)n2C1CC=CC1. The summed E-state index contributed by atoms with van der Waals surface area (Å²) in [5.41, 5.74) is 3.25. The first kappa shape index (κ1) is 9.78. The van der Waals surface area contributed by atoms with Crippen molar-refractivity contribution in [2.75, 3.05) is 0 Å². The van der Waals surface area contributed by atoms with E-state index in [1.165, 1.54) is 5.56 Å². The molecule has 0 spiro atoms. The van der Waals surface area contributed by atoms with Crippen molar-refractivity contribution in [2.24, 2.45) is 0 Å². The number of hydrogen-bond acceptors (Lipinski definition) is 2. The highest BCUT2D eigenvalue weighted by Gasteiger charge is 2.17. The van der Waals surface area contributed by atoms with Gasteiger partial charge in [0.2, 0.25) is 0 Å². The Morgan fingerprint density at radius 1 is 1.44 bits per heavy atom. The molecule has 0 saturated heterocycles. The quantitative estimate of drug-likeness (QED) is 0.603. The number of allylic oxidation sites excluding steroid dienone is 2. The molecule has 3 nitrogen and oxygen atoms in total. The Bertz CT molecular complexity index is 613. The van der Waals surface area contributed by atoms with Crippen molar-refractivity contribution in [2.45, 2.75) is 25.8 Å². The van der Waals surface area contributed by atoms with Gasteiger partial charge in [-0.15, -0.1) is 0 Å². The van der Waals surface area contributed by atoms with Crippen molar-refractivity contribution in [1.29, 1.82) is 0 Å². The minimum absolute atomic E-state index is 0.440. The molecule has 0 radical (unpaired) electrons. The maximum absolute atomic E-state index is 5.39. The molecule has 1 aliphatic carbocycles. The average Bonchev–Trinajstić information content (AvgIpc) is 2.85. The van der Waals surface area contributed by atoms with Crippen LogP contribution >= 0.6 is 12.2 Å². The lowest BCUT2D eigenvalue weighted by Gasteiger charge is -2.11. The van der Waals surface area contributed by atoms with Crippen LogP contribution in [-0.4, -0.2) is 14.5 Å². The molecule has 0 aliphatic heterocycles. The highest BCUT2D eigenvalue weighted by molar-refractivity contribution is 7.71. The van der Waals surface area contributed by atoms with Gasteiger partial charge in [-0.2, -0.15) is 0 Å². The maximum atomic E-state index is 5.39. The Balaban J connectivity index is 2.27. The van der Waals surface area contributed by atoms with Gasteiger partial charge in [0.15, 0.2) is 10.4 Å². The van der Waals surface area contributed by atoms with E-state index >= 15 is 0 Å². The Morgan fingerprint density at radius 2 is 2.19 bits per heavy atom. The van der Waals surface area contributed by atoms with Crippen molar-refractivity contribution in [3.63, 3.8) is 0 Å². The van der Waals surface area contributed by atoms with Crippen molar-refractivity contribution in [3.05, 3.63) is 34.7 Å². The van der Waals surface area contributed by atoms with Gasteiger partial charge in [0, 0.05) is 12.2 Å². The molecule has 0 fully saturated rings. The number of fused-ring (bicyclic) bond motifs is 1. The number of aromatic amines is 1. The standard InChI is InChI=1S/C12H13N3S/c1-8-6-7-13-11-10(8)14-12(16)15(11)9-4-2-3-5-9/h2-3,6-7,9H,4-5H2,1H3,(H,14,16). The van der Waals surface area contributed by atoms with Gasteiger partial charge in [0.1, 0.15) is 0 Å². The molecule has 0 aromatic carbocycles. The molecule has 2 aromatic rings. The fraction of sp³-hybridized carbons (Fsp3) is 0.333. The van der Waals surface area contributed by atoms with Crippen molar-refractivity contribution in [1.82, 2.24) is 14.5 Å². The van der Waals surface area contributed by atoms with E-state index in [0.29, 0.717) is 6.04 Å². The summed E-state index contributed by atoms with van der Waals surface area (Å²) in [4.78, 5) is 7.70. The van der Waals surface area contributed by atoms with Crippen molar-refractivity contribution >= 4 is 23.4 Å². The lowest BCUT2D eigenvalue weighted by Crippen LogP contribution is -2.05. The zero-order valence-corrected chi connectivity index (χ0v) is 9.92. The van der Waals surface area contributed by atoms with Gasteiger partial charge in [-0.1, -0.05) is 12.2 Å². The lowest BCUT2D eigenvalue weighted by atomic mass is 10.2. The van der Waals surface area contributed by atoms with Gasteiger partial charge < -0.3 is 4.98 Å². The van der Waals surface area contributed by atoms with Crippen LogP contribution in [0.2, 0.25) is 0 Å². The van der Waals surface area contributed by atoms with Crippen molar-refractivity contribution < 1.29 is 0 Å². The number of nitrogens with zero attached hydrogens (tertiary/aromatic N) is 2. The third-order valence-corrected chi connectivity index (χ3v) is 3.47. The maximum Gasteiger partial charge on any atom is 0.179 e. The first-order chi connectivity index (χ1) is 7.77. The van der Waals surface area contributed by atoms with Crippen molar-refractivity contribution in [3.8, 4) is 0 Å². The molecule has 0 amide bonds. The summed E-state index contributed by atoms with van der Waals surface area (Å²) in [5, 5.41) is 0. The average molecular weight is 231 g/mol. The molecule has 2 heterocycles. The number of imidazole rings is 1. The Kier molecular flexibility index (Phi) is 2.17. The number of rotatable bonds is 1. The molecule has 4 heteroatoms. The summed E-state index contributed by atoms with van der Waals surface area (Å²) in [5.74, 6) is 0. The minimum atomic E-state index is 0.440. The molecule has 1 N–H and O–H groups in total. The van der Waals surface area contributed by atoms with E-state index in [9.17, 15) is 0 Å². The molecule has 0 bridgehead atoms. The van der Waals surface area contributed by atoms with Crippen LogP contribution in [-0.2, 0) is 0 Å². The number of H-pyrrole nitrogens is 1. The van der Waals surface area contributed by atoms with Crippen LogP contribution in [0.5, 0.6) is 0 Å². The summed E-state index contributed by atoms with van der Waals surface area (Å²) < 4.78 is 2.93. The number of aryl methyl sites for hydroxylation is 1. The molecule has 0 unspecified atom stereocenters. The summed E-state index contributed by atoms with van der Waals surface area (Å²) >= 11 is 5.39. The largest absolute Gasteiger partial charge is 0.329 e. The summed E-state index contributed by atoms with van der Waals surface area (Å²) in [6, 6.07) is 2.45. The van der Waals surface area contributed by atoms with Crippen LogP contribution in [0.1, 0.15) is 24.4 Å². The van der Waals surface area contributed by atoms with E-state index in [2.05, 4.69) is 33.6 Å². The van der Waals surface area contributed by atoms with Gasteiger partial charge in [-0.3, -0.25) is 4.57 Å². The van der Waals surface area contributed by atoms with Crippen LogP contribution in [0.4, 0.5) is 0 Å². The Morgan fingerprint density at radius 3 is 2.94 bits per heavy atom. The summed E-state index contributed by atoms with van der Waals surface area (Å²) in [7, 11) is 0. The predicted molar refractivity (Wildman–Crippen MR) is 67.1 cm³/mol. The van der Waals surface area contributed by atoms with Crippen LogP contribution in [0.25, 0.3) is 11.2 Å². The molecule has 2 aromatic heterocycles. The monoisotopic (exact) mass is 231 g/mol. The van der Waals surface area contributed by atoms with Crippen LogP contribution in [0, 0.1) is 11.7 Å². The van der Waals surface area contributed by atoms with E-state index in [1.807, 2.05) is 12.3 Å². The normalized spacial score (nSPS) is 16.3. The fourth-order valence-electron chi connectivity index (χ4n) is 2.30. The third-order valence-electron chi connectivity index (χ3n) is 3.17. The predicted octanol–water partition coefficient (Wildman–Crippen LogP) is 3.29. The Hall–Kier alpha value is -1.42. The fourth-order valence-corrected chi connectivity index (χ4v) is 2.63. The highest BCUT2D eigenvalue weighted by Crippen LogP contribution is 2.28. The zero-order chi connectivity index (χ0) is 11.1. The first-order valence-electron chi connectivity index (χ1n) is 5.48. The first-order valence-corrected chi connectivity index (χ1v) is 5.89. The number of pyridine rings is 1. The highest BCUT2D eigenvalue weighted by atomic mass is 32.1. The van der Waals surface area contributed by atoms with E-state index < -0.39 is 0 Å². The third kappa shape index (κ3) is 1.33. The topological polar surface area (TPSA) is 33.6 Å². The van der Waals surface area contributed by atoms with Gasteiger partial charge in [0.25, 0.3) is 0 Å². The second-order valence-corrected chi connectivity index (χ2v) is 4.61. The molecule has 1 aliphatic rings. The molecule has 0 atom stereocenters. The zero-order valence-electron chi connectivity index (χ0n) is 9.10. The second kappa shape index (κ2) is 3.56. The van der Waals surface area contributed by atoms with Crippen LogP contribution in [0.15, 0.2) is 24.4 Å². The van der Waals surface area contributed by atoms with E-state index in [1.54, 1.807) is 0 Å². The second-order valence-electron chi connectivity index (χ2n) is 4.22. The van der Waals surface area contributed by atoms with Crippen LogP contribution < -0.4 is 0 Å². The number of nitrogens with one attached hydrogen (secondary N) is 1. The number of aromatic nitrogens is 3.